The molecule has 5 rings (SSSR count). The van der Waals surface area contributed by atoms with Crippen molar-refractivity contribution in [3.8, 4) is 11.5 Å². The van der Waals surface area contributed by atoms with Crippen LogP contribution in [0.4, 0.5) is 11.5 Å². The molecule has 1 fully saturated rings. The van der Waals surface area contributed by atoms with Crippen LogP contribution in [0.15, 0.2) is 47.3 Å². The van der Waals surface area contributed by atoms with Gasteiger partial charge in [0.25, 0.3) is 0 Å². The molecule has 31 heavy (non-hydrogen) atoms. The van der Waals surface area contributed by atoms with Crippen molar-refractivity contribution >= 4 is 22.4 Å². The number of aromatic nitrogens is 2. The van der Waals surface area contributed by atoms with Crippen LogP contribution in [0, 0.1) is 0 Å². The fourth-order valence-electron chi connectivity index (χ4n) is 4.71. The molecule has 1 aromatic heterocycles. The first-order valence-corrected chi connectivity index (χ1v) is 10.5. The highest BCUT2D eigenvalue weighted by Gasteiger charge is 2.41. The highest BCUT2D eigenvalue weighted by atomic mass is 16.5. The number of fused-ring (bicyclic) bond motifs is 3. The van der Waals surface area contributed by atoms with Crippen molar-refractivity contribution < 1.29 is 9.47 Å². The molecule has 1 saturated heterocycles. The molecule has 0 saturated carbocycles. The molecule has 8 heteroatoms. The average molecular weight is 422 g/mol. The summed E-state index contributed by atoms with van der Waals surface area (Å²) in [5.74, 6) is 1.96. The lowest BCUT2D eigenvalue weighted by atomic mass is 10.1. The van der Waals surface area contributed by atoms with E-state index in [1.807, 2.05) is 12.1 Å². The number of rotatable bonds is 4. The number of anilines is 2. The normalized spacial score (nSPS) is 21.1. The third-order valence-electron chi connectivity index (χ3n) is 6.43. The van der Waals surface area contributed by atoms with Gasteiger partial charge < -0.3 is 19.7 Å². The molecule has 0 amide bonds. The molecule has 2 aliphatic heterocycles. The Balaban J connectivity index is 1.43. The summed E-state index contributed by atoms with van der Waals surface area (Å²) in [6.07, 6.45) is 0. The highest BCUT2D eigenvalue weighted by molar-refractivity contribution is 5.92. The van der Waals surface area contributed by atoms with Gasteiger partial charge in [-0.1, -0.05) is 18.2 Å². The number of para-hydroxylation sites is 1. The van der Waals surface area contributed by atoms with E-state index in [-0.39, 0.29) is 11.4 Å². The Hall–Kier alpha value is -3.26. The standard InChI is InChI=1S/C23H27N5O3/c1-23(27-11-9-26(10-12-27)16-7-5-4-6-8-16)15-28-21(25-23)17-13-19(30-2)20(31-3)14-18(17)24-22(28)29/h4-8,13-14,25H,9-12,15H2,1-3H3. The fourth-order valence-corrected chi connectivity index (χ4v) is 4.71. The van der Waals surface area contributed by atoms with E-state index in [0.717, 1.165) is 37.4 Å². The number of nitrogens with zero attached hydrogens (tertiary/aromatic N) is 4. The van der Waals surface area contributed by atoms with Gasteiger partial charge in [0.15, 0.2) is 11.5 Å². The molecule has 3 heterocycles. The van der Waals surface area contributed by atoms with E-state index in [1.54, 1.807) is 24.9 Å². The summed E-state index contributed by atoms with van der Waals surface area (Å²) in [5, 5.41) is 4.49. The number of hydrogen-bond acceptors (Lipinski definition) is 7. The first-order chi connectivity index (χ1) is 15.0. The summed E-state index contributed by atoms with van der Waals surface area (Å²) in [5.41, 5.74) is 1.23. The summed E-state index contributed by atoms with van der Waals surface area (Å²) in [7, 11) is 3.19. The average Bonchev–Trinajstić information content (AvgIpc) is 3.18. The second-order valence-corrected chi connectivity index (χ2v) is 8.26. The van der Waals surface area contributed by atoms with E-state index < -0.39 is 0 Å². The minimum Gasteiger partial charge on any atom is -0.493 e. The zero-order valence-electron chi connectivity index (χ0n) is 18.1. The van der Waals surface area contributed by atoms with Crippen LogP contribution in [0.2, 0.25) is 0 Å². The molecule has 2 aromatic carbocycles. The van der Waals surface area contributed by atoms with Gasteiger partial charge in [0.05, 0.1) is 26.3 Å². The van der Waals surface area contributed by atoms with Crippen molar-refractivity contribution in [3.05, 3.63) is 52.9 Å². The van der Waals surface area contributed by atoms with Gasteiger partial charge in [0.1, 0.15) is 11.5 Å². The minimum atomic E-state index is -0.363. The molecular weight excluding hydrogens is 394 g/mol. The molecule has 0 aliphatic carbocycles. The summed E-state index contributed by atoms with van der Waals surface area (Å²) in [6, 6.07) is 14.1. The predicted octanol–water partition coefficient (Wildman–Crippen LogP) is 2.38. The van der Waals surface area contributed by atoms with Crippen LogP contribution in [-0.4, -0.2) is 60.5 Å². The van der Waals surface area contributed by atoms with E-state index in [1.165, 1.54) is 5.69 Å². The lowest BCUT2D eigenvalue weighted by Gasteiger charge is -2.44. The van der Waals surface area contributed by atoms with E-state index >= 15 is 0 Å². The molecular formula is C23H27N5O3. The first kappa shape index (κ1) is 19.7. The lowest BCUT2D eigenvalue weighted by molar-refractivity contribution is 0.115. The molecule has 0 radical (unpaired) electrons. The minimum absolute atomic E-state index is 0.256. The summed E-state index contributed by atoms with van der Waals surface area (Å²) in [4.78, 5) is 21.9. The fraction of sp³-hybridized carbons (Fsp3) is 0.391. The maximum absolute atomic E-state index is 12.8. The van der Waals surface area contributed by atoms with Gasteiger partial charge >= 0.3 is 5.69 Å². The van der Waals surface area contributed by atoms with Crippen LogP contribution in [0.25, 0.3) is 10.9 Å². The Morgan fingerprint density at radius 1 is 1.00 bits per heavy atom. The molecule has 0 bridgehead atoms. The van der Waals surface area contributed by atoms with Gasteiger partial charge in [-0.25, -0.2) is 4.79 Å². The maximum Gasteiger partial charge on any atom is 0.349 e. The summed E-state index contributed by atoms with van der Waals surface area (Å²) < 4.78 is 12.6. The van der Waals surface area contributed by atoms with Gasteiger partial charge in [0, 0.05) is 43.3 Å². The largest absolute Gasteiger partial charge is 0.493 e. The van der Waals surface area contributed by atoms with Crippen LogP contribution in [0.1, 0.15) is 6.92 Å². The molecule has 162 valence electrons. The topological polar surface area (TPSA) is 71.9 Å². The number of ether oxygens (including phenoxy) is 2. The number of methoxy groups -OCH3 is 2. The molecule has 1 N–H and O–H groups in total. The summed E-state index contributed by atoms with van der Waals surface area (Å²) >= 11 is 0. The molecule has 1 unspecified atom stereocenters. The number of benzene rings is 2. The summed E-state index contributed by atoms with van der Waals surface area (Å²) in [6.45, 7) is 6.40. The van der Waals surface area contributed by atoms with Crippen molar-refractivity contribution in [3.63, 3.8) is 0 Å². The van der Waals surface area contributed by atoms with Gasteiger partial charge in [0.2, 0.25) is 0 Å². The zero-order valence-corrected chi connectivity index (χ0v) is 18.1. The molecule has 2 aliphatic rings. The van der Waals surface area contributed by atoms with E-state index in [0.29, 0.717) is 23.6 Å². The smallest absolute Gasteiger partial charge is 0.349 e. The molecule has 0 spiro atoms. The molecule has 8 nitrogen and oxygen atoms in total. The van der Waals surface area contributed by atoms with Gasteiger partial charge in [-0.2, -0.15) is 4.98 Å². The van der Waals surface area contributed by atoms with Crippen LogP contribution < -0.4 is 25.4 Å². The quantitative estimate of drug-likeness (QED) is 0.693. The van der Waals surface area contributed by atoms with Crippen LogP contribution in [-0.2, 0) is 6.54 Å². The van der Waals surface area contributed by atoms with Crippen LogP contribution in [0.3, 0.4) is 0 Å². The monoisotopic (exact) mass is 421 g/mol. The number of nitrogens with one attached hydrogen (secondary N) is 1. The van der Waals surface area contributed by atoms with Gasteiger partial charge in [-0.15, -0.1) is 0 Å². The van der Waals surface area contributed by atoms with Crippen LogP contribution in [0.5, 0.6) is 11.5 Å². The molecule has 3 aromatic rings. The van der Waals surface area contributed by atoms with Crippen LogP contribution >= 0.6 is 0 Å². The van der Waals surface area contributed by atoms with E-state index in [4.69, 9.17) is 9.47 Å². The highest BCUT2D eigenvalue weighted by Crippen LogP contribution is 2.38. The first-order valence-electron chi connectivity index (χ1n) is 10.5. The Kier molecular flexibility index (Phi) is 4.74. The SMILES string of the molecule is COc1cc2nc(=O)n3c(c2cc1OC)NC(C)(N1CCN(c2ccccc2)CC1)C3. The second kappa shape index (κ2) is 7.46. The Labute approximate surface area is 181 Å². The van der Waals surface area contributed by atoms with Crippen molar-refractivity contribution in [1.29, 1.82) is 0 Å². The van der Waals surface area contributed by atoms with Crippen molar-refractivity contribution in [2.75, 3.05) is 50.6 Å². The maximum atomic E-state index is 12.8. The second-order valence-electron chi connectivity index (χ2n) is 8.26. The van der Waals surface area contributed by atoms with Gasteiger partial charge in [-0.3, -0.25) is 9.47 Å². The third-order valence-corrected chi connectivity index (χ3v) is 6.43. The van der Waals surface area contributed by atoms with Crippen molar-refractivity contribution in [2.24, 2.45) is 0 Å². The zero-order chi connectivity index (χ0) is 21.6. The predicted molar refractivity (Wildman–Crippen MR) is 121 cm³/mol. The van der Waals surface area contributed by atoms with Crippen molar-refractivity contribution in [1.82, 2.24) is 14.5 Å². The Morgan fingerprint density at radius 3 is 2.35 bits per heavy atom. The Bertz CT molecular complexity index is 1170. The van der Waals surface area contributed by atoms with Crippen molar-refractivity contribution in [2.45, 2.75) is 19.1 Å². The number of hydrogen-bond donors (Lipinski definition) is 1. The van der Waals surface area contributed by atoms with E-state index in [9.17, 15) is 4.79 Å². The third kappa shape index (κ3) is 3.27. The van der Waals surface area contributed by atoms with Gasteiger partial charge in [-0.05, 0) is 25.1 Å². The molecule has 1 atom stereocenters. The lowest BCUT2D eigenvalue weighted by Crippen LogP contribution is -2.59. The van der Waals surface area contributed by atoms with E-state index in [2.05, 4.69) is 51.3 Å². The Morgan fingerprint density at radius 2 is 1.68 bits per heavy atom. The number of piperazine rings is 1.